The van der Waals surface area contributed by atoms with Crippen LogP contribution in [0.25, 0.3) is 0 Å². The summed E-state index contributed by atoms with van der Waals surface area (Å²) >= 11 is 0. The van der Waals surface area contributed by atoms with Crippen molar-refractivity contribution in [1.29, 1.82) is 0 Å². The fourth-order valence-electron chi connectivity index (χ4n) is 3.49. The molecule has 0 aliphatic rings. The zero-order valence-electron chi connectivity index (χ0n) is 22.5. The average Bonchev–Trinajstić information content (AvgIpc) is 2.81. The highest BCUT2D eigenvalue weighted by molar-refractivity contribution is 5.65. The van der Waals surface area contributed by atoms with Crippen LogP contribution in [0.1, 0.15) is 149 Å². The van der Waals surface area contributed by atoms with Crippen LogP contribution in [-0.4, -0.2) is 18.9 Å². The van der Waals surface area contributed by atoms with E-state index >= 15 is 0 Å². The molecule has 0 aromatic heterocycles. The standard InChI is InChI=1S/C16H30O.C14H26O2/c1-2-3-4-5-6-7-8-9-10-11-12-13-14-15-16-17;1-3-4-5-6-7-8-9-10-11-12-13-16-14(2)15/h9-10,16H,2-8,11-15H2,1H3;10-11H,3-9,12-13H2,1-2H3/b10-9+;11-10+. The van der Waals surface area contributed by atoms with Gasteiger partial charge in [0.1, 0.15) is 6.29 Å². The lowest BCUT2D eigenvalue weighted by Gasteiger charge is -1.98. The number of hydrogen-bond acceptors (Lipinski definition) is 3. The first-order valence-electron chi connectivity index (χ1n) is 14.1. The van der Waals surface area contributed by atoms with E-state index in [-0.39, 0.29) is 5.97 Å². The SMILES string of the molecule is CCCCCCCC/C=C/CCCCCC=O.CCCCCCCC/C=C/CCOC(C)=O. The predicted octanol–water partition coefficient (Wildman–Crippen LogP) is 9.69. The lowest BCUT2D eigenvalue weighted by atomic mass is 10.1. The lowest BCUT2D eigenvalue weighted by molar-refractivity contribution is -0.140. The molecule has 194 valence electrons. The van der Waals surface area contributed by atoms with E-state index in [0.29, 0.717) is 6.61 Å². The highest BCUT2D eigenvalue weighted by Crippen LogP contribution is 2.09. The maximum atomic E-state index is 10.5. The molecule has 0 spiro atoms. The Morgan fingerprint density at radius 2 is 0.909 bits per heavy atom. The van der Waals surface area contributed by atoms with Crippen molar-refractivity contribution in [3.05, 3.63) is 24.3 Å². The number of esters is 1. The van der Waals surface area contributed by atoms with E-state index in [1.807, 2.05) is 0 Å². The average molecular weight is 465 g/mol. The van der Waals surface area contributed by atoms with E-state index in [1.165, 1.54) is 110 Å². The third-order valence-corrected chi connectivity index (χ3v) is 5.56. The van der Waals surface area contributed by atoms with Crippen LogP contribution in [0.5, 0.6) is 0 Å². The summed E-state index contributed by atoms with van der Waals surface area (Å²) in [4.78, 5) is 20.5. The highest BCUT2D eigenvalue weighted by Gasteiger charge is 1.91. The highest BCUT2D eigenvalue weighted by atomic mass is 16.5. The minimum Gasteiger partial charge on any atom is -0.466 e. The molecule has 0 unspecified atom stereocenters. The molecule has 0 bridgehead atoms. The summed E-state index contributed by atoms with van der Waals surface area (Å²) in [5.41, 5.74) is 0. The van der Waals surface area contributed by atoms with Crippen molar-refractivity contribution in [3.63, 3.8) is 0 Å². The van der Waals surface area contributed by atoms with Gasteiger partial charge in [-0.2, -0.15) is 0 Å². The van der Waals surface area contributed by atoms with Gasteiger partial charge in [0.2, 0.25) is 0 Å². The number of rotatable bonds is 23. The Morgan fingerprint density at radius 1 is 0.545 bits per heavy atom. The summed E-state index contributed by atoms with van der Waals surface area (Å²) in [5.74, 6) is -0.190. The molecule has 0 aromatic carbocycles. The van der Waals surface area contributed by atoms with Crippen LogP contribution in [-0.2, 0) is 14.3 Å². The number of unbranched alkanes of at least 4 members (excludes halogenated alkanes) is 16. The molecular weight excluding hydrogens is 408 g/mol. The van der Waals surface area contributed by atoms with E-state index in [9.17, 15) is 9.59 Å². The maximum absolute atomic E-state index is 10.5. The van der Waals surface area contributed by atoms with Gasteiger partial charge in [-0.3, -0.25) is 4.79 Å². The molecule has 0 N–H and O–H groups in total. The Bertz CT molecular complexity index is 440. The zero-order chi connectivity index (χ0) is 24.7. The molecule has 0 atom stereocenters. The van der Waals surface area contributed by atoms with Crippen molar-refractivity contribution >= 4 is 12.3 Å². The van der Waals surface area contributed by atoms with E-state index < -0.39 is 0 Å². The van der Waals surface area contributed by atoms with Gasteiger partial charge in [-0.1, -0.05) is 109 Å². The number of hydrogen-bond donors (Lipinski definition) is 0. The number of carbonyl (C=O) groups excluding carboxylic acids is 2. The molecule has 0 saturated heterocycles. The molecule has 0 aromatic rings. The monoisotopic (exact) mass is 464 g/mol. The van der Waals surface area contributed by atoms with E-state index in [4.69, 9.17) is 4.74 Å². The summed E-state index contributed by atoms with van der Waals surface area (Å²) in [5, 5.41) is 0. The second kappa shape index (κ2) is 32.8. The molecule has 3 heteroatoms. The smallest absolute Gasteiger partial charge is 0.302 e. The molecule has 0 radical (unpaired) electrons. The third-order valence-electron chi connectivity index (χ3n) is 5.56. The fraction of sp³-hybridized carbons (Fsp3) is 0.800. The quantitative estimate of drug-likeness (QED) is 0.0654. The molecule has 0 saturated carbocycles. The Kier molecular flexibility index (Phi) is 33.6. The van der Waals surface area contributed by atoms with Crippen molar-refractivity contribution in [1.82, 2.24) is 0 Å². The second-order valence-corrected chi connectivity index (χ2v) is 8.99. The molecule has 3 nitrogen and oxygen atoms in total. The van der Waals surface area contributed by atoms with Gasteiger partial charge in [-0.05, 0) is 51.4 Å². The number of allylic oxidation sites excluding steroid dienone is 3. The number of ether oxygens (including phenoxy) is 1. The zero-order valence-corrected chi connectivity index (χ0v) is 22.5. The molecule has 0 rings (SSSR count). The van der Waals surface area contributed by atoms with E-state index in [2.05, 4.69) is 38.2 Å². The van der Waals surface area contributed by atoms with Crippen molar-refractivity contribution in [2.24, 2.45) is 0 Å². The van der Waals surface area contributed by atoms with Gasteiger partial charge in [0, 0.05) is 13.3 Å². The van der Waals surface area contributed by atoms with Gasteiger partial charge in [-0.25, -0.2) is 0 Å². The van der Waals surface area contributed by atoms with Gasteiger partial charge in [0.15, 0.2) is 0 Å². The van der Waals surface area contributed by atoms with Gasteiger partial charge >= 0.3 is 5.97 Å². The van der Waals surface area contributed by atoms with Crippen LogP contribution in [0.15, 0.2) is 24.3 Å². The number of carbonyl (C=O) groups is 2. The Balaban J connectivity index is 0. The van der Waals surface area contributed by atoms with Crippen LogP contribution >= 0.6 is 0 Å². The Hall–Kier alpha value is -1.38. The lowest BCUT2D eigenvalue weighted by Crippen LogP contribution is -1.98. The van der Waals surface area contributed by atoms with Crippen LogP contribution in [0.2, 0.25) is 0 Å². The summed E-state index contributed by atoms with van der Waals surface area (Å²) < 4.78 is 4.82. The summed E-state index contributed by atoms with van der Waals surface area (Å²) in [6.45, 7) is 6.46. The topological polar surface area (TPSA) is 43.4 Å². The minimum atomic E-state index is -0.190. The molecular formula is C30H56O3. The van der Waals surface area contributed by atoms with Gasteiger partial charge in [0.05, 0.1) is 6.61 Å². The second-order valence-electron chi connectivity index (χ2n) is 8.99. The third kappa shape index (κ3) is 38.2. The van der Waals surface area contributed by atoms with Crippen molar-refractivity contribution < 1.29 is 14.3 Å². The molecule has 0 aliphatic heterocycles. The van der Waals surface area contributed by atoms with Gasteiger partial charge in [-0.15, -0.1) is 0 Å². The van der Waals surface area contributed by atoms with Gasteiger partial charge < -0.3 is 9.53 Å². The first kappa shape index (κ1) is 33.8. The first-order chi connectivity index (χ1) is 16.2. The molecule has 0 fully saturated rings. The van der Waals surface area contributed by atoms with E-state index in [1.54, 1.807) is 0 Å². The predicted molar refractivity (Wildman–Crippen MR) is 145 cm³/mol. The van der Waals surface area contributed by atoms with Crippen LogP contribution in [0, 0.1) is 0 Å². The fourth-order valence-corrected chi connectivity index (χ4v) is 3.49. The first-order valence-corrected chi connectivity index (χ1v) is 14.1. The van der Waals surface area contributed by atoms with Gasteiger partial charge in [0.25, 0.3) is 0 Å². The van der Waals surface area contributed by atoms with Crippen LogP contribution in [0.3, 0.4) is 0 Å². The molecule has 33 heavy (non-hydrogen) atoms. The summed E-state index contributed by atoms with van der Waals surface area (Å²) in [6, 6.07) is 0. The summed E-state index contributed by atoms with van der Waals surface area (Å²) in [6.07, 6.45) is 35.0. The minimum absolute atomic E-state index is 0.190. The summed E-state index contributed by atoms with van der Waals surface area (Å²) in [7, 11) is 0. The normalized spacial score (nSPS) is 11.0. The van der Waals surface area contributed by atoms with Crippen LogP contribution < -0.4 is 0 Å². The van der Waals surface area contributed by atoms with Crippen LogP contribution in [0.4, 0.5) is 0 Å². The van der Waals surface area contributed by atoms with Crippen molar-refractivity contribution in [2.75, 3.05) is 6.61 Å². The maximum Gasteiger partial charge on any atom is 0.302 e. The molecule has 0 aliphatic carbocycles. The van der Waals surface area contributed by atoms with Crippen molar-refractivity contribution in [2.45, 2.75) is 149 Å². The Morgan fingerprint density at radius 3 is 1.33 bits per heavy atom. The van der Waals surface area contributed by atoms with E-state index in [0.717, 1.165) is 32.0 Å². The number of aldehydes is 1. The Labute approximate surface area is 206 Å². The van der Waals surface area contributed by atoms with Crippen molar-refractivity contribution in [3.8, 4) is 0 Å². The largest absolute Gasteiger partial charge is 0.466 e. The molecule has 0 heterocycles. The molecule has 0 amide bonds.